The van der Waals surface area contributed by atoms with Gasteiger partial charge in [-0.25, -0.2) is 9.36 Å². The fourth-order valence-corrected chi connectivity index (χ4v) is 3.12. The van der Waals surface area contributed by atoms with Crippen LogP contribution in [0.5, 0.6) is 0 Å². The van der Waals surface area contributed by atoms with Crippen LogP contribution >= 0.6 is 11.6 Å². The highest BCUT2D eigenvalue weighted by molar-refractivity contribution is 6.32. The van der Waals surface area contributed by atoms with Crippen LogP contribution < -0.4 is 10.9 Å². The van der Waals surface area contributed by atoms with Crippen molar-refractivity contribution in [3.8, 4) is 5.69 Å². The van der Waals surface area contributed by atoms with Gasteiger partial charge in [-0.3, -0.25) is 4.79 Å². The number of aromatic nitrogens is 5. The van der Waals surface area contributed by atoms with Crippen molar-refractivity contribution in [2.24, 2.45) is 0 Å². The van der Waals surface area contributed by atoms with Crippen molar-refractivity contribution >= 4 is 17.3 Å². The number of benzene rings is 2. The maximum atomic E-state index is 12.6. The highest BCUT2D eigenvalue weighted by Gasteiger charge is 2.15. The van der Waals surface area contributed by atoms with Gasteiger partial charge in [0.25, 0.3) is 5.56 Å². The van der Waals surface area contributed by atoms with Gasteiger partial charge in [-0.1, -0.05) is 65.3 Å². The highest BCUT2D eigenvalue weighted by Crippen LogP contribution is 2.22. The van der Waals surface area contributed by atoms with Crippen molar-refractivity contribution in [2.45, 2.75) is 19.5 Å². The zero-order valence-corrected chi connectivity index (χ0v) is 16.5. The van der Waals surface area contributed by atoms with E-state index in [2.05, 4.69) is 20.7 Å². The Morgan fingerprint density at radius 2 is 1.76 bits per heavy atom. The fourth-order valence-electron chi connectivity index (χ4n) is 2.92. The average molecular weight is 407 g/mol. The van der Waals surface area contributed by atoms with Crippen molar-refractivity contribution in [3.05, 3.63) is 99.7 Å². The van der Waals surface area contributed by atoms with Gasteiger partial charge in [0, 0.05) is 0 Å². The maximum Gasteiger partial charge on any atom is 0.287 e. The van der Waals surface area contributed by atoms with E-state index in [1.54, 1.807) is 10.9 Å². The lowest BCUT2D eigenvalue weighted by molar-refractivity contribution is 0.639. The number of para-hydroxylation sites is 1. The molecule has 0 amide bonds. The summed E-state index contributed by atoms with van der Waals surface area (Å²) in [6.07, 6.45) is 3.40. The van der Waals surface area contributed by atoms with E-state index in [-0.39, 0.29) is 16.6 Å². The van der Waals surface area contributed by atoms with Gasteiger partial charge in [-0.05, 0) is 24.6 Å². The van der Waals surface area contributed by atoms with Gasteiger partial charge in [0.2, 0.25) is 0 Å². The number of nitrogens with zero attached hydrogens (tertiary/aromatic N) is 5. The van der Waals surface area contributed by atoms with E-state index in [0.717, 1.165) is 16.9 Å². The molecule has 0 radical (unpaired) electrons. The summed E-state index contributed by atoms with van der Waals surface area (Å²) in [7, 11) is 0. The lowest BCUT2D eigenvalue weighted by Gasteiger charge is -2.14. The summed E-state index contributed by atoms with van der Waals surface area (Å²) >= 11 is 6.32. The molecule has 0 saturated heterocycles. The molecule has 1 atom stereocenters. The van der Waals surface area contributed by atoms with Crippen LogP contribution in [0.25, 0.3) is 5.69 Å². The molecule has 0 saturated carbocycles. The molecule has 4 aromatic rings. The van der Waals surface area contributed by atoms with Crippen molar-refractivity contribution in [3.63, 3.8) is 0 Å². The predicted octanol–water partition coefficient (Wildman–Crippen LogP) is 3.70. The summed E-state index contributed by atoms with van der Waals surface area (Å²) in [6.45, 7) is 2.28. The molecule has 0 aliphatic heterocycles. The van der Waals surface area contributed by atoms with Gasteiger partial charge in [0.1, 0.15) is 10.7 Å². The molecule has 4 rings (SSSR count). The average Bonchev–Trinajstić information content (AvgIpc) is 3.25. The van der Waals surface area contributed by atoms with Crippen LogP contribution in [0.2, 0.25) is 5.02 Å². The first-order valence-corrected chi connectivity index (χ1v) is 9.53. The second-order valence-electron chi connectivity index (χ2n) is 6.61. The lowest BCUT2D eigenvalue weighted by atomic mass is 10.2. The molecule has 0 fully saturated rings. The maximum absolute atomic E-state index is 12.6. The summed E-state index contributed by atoms with van der Waals surface area (Å²) in [5, 5.41) is 15.9. The van der Waals surface area contributed by atoms with Gasteiger partial charge in [0.15, 0.2) is 0 Å². The Kier molecular flexibility index (Phi) is 5.39. The van der Waals surface area contributed by atoms with Crippen LogP contribution in [-0.2, 0) is 6.54 Å². The molecule has 29 heavy (non-hydrogen) atoms. The Morgan fingerprint density at radius 3 is 2.48 bits per heavy atom. The quantitative estimate of drug-likeness (QED) is 0.528. The molecule has 8 heteroatoms. The molecule has 2 aromatic heterocycles. The molecule has 0 bridgehead atoms. The van der Waals surface area contributed by atoms with Crippen molar-refractivity contribution in [1.29, 1.82) is 0 Å². The van der Waals surface area contributed by atoms with Crippen LogP contribution in [0.1, 0.15) is 24.2 Å². The molecular formula is C21H19ClN6O. The summed E-state index contributed by atoms with van der Waals surface area (Å²) in [5.74, 6) is 0. The minimum absolute atomic E-state index is 0.0956. The van der Waals surface area contributed by atoms with E-state index in [0.29, 0.717) is 12.2 Å². The number of nitrogens with one attached hydrogen (secondary N) is 1. The summed E-state index contributed by atoms with van der Waals surface area (Å²) in [6, 6.07) is 19.1. The Labute approximate surface area is 172 Å². The molecular weight excluding hydrogens is 388 g/mol. The lowest BCUT2D eigenvalue weighted by Crippen LogP contribution is -2.25. The minimum Gasteiger partial charge on any atom is -0.374 e. The highest BCUT2D eigenvalue weighted by atomic mass is 35.5. The van der Waals surface area contributed by atoms with E-state index in [9.17, 15) is 4.79 Å². The van der Waals surface area contributed by atoms with Gasteiger partial charge >= 0.3 is 0 Å². The first-order chi connectivity index (χ1) is 14.1. The molecule has 0 aliphatic rings. The smallest absolute Gasteiger partial charge is 0.287 e. The van der Waals surface area contributed by atoms with Gasteiger partial charge < -0.3 is 5.32 Å². The number of anilines is 1. The van der Waals surface area contributed by atoms with E-state index in [1.807, 2.05) is 73.8 Å². The topological polar surface area (TPSA) is 77.6 Å². The third-order valence-corrected chi connectivity index (χ3v) is 4.87. The SMILES string of the molecule is CC(Nc1cnn(Cc2ccccc2)c(=O)c1Cl)c1cn(-c2ccccc2)nn1. The minimum atomic E-state index is -0.347. The van der Waals surface area contributed by atoms with Crippen molar-refractivity contribution < 1.29 is 0 Å². The zero-order valence-electron chi connectivity index (χ0n) is 15.7. The summed E-state index contributed by atoms with van der Waals surface area (Å²) < 4.78 is 3.05. The van der Waals surface area contributed by atoms with Crippen LogP contribution in [0.4, 0.5) is 5.69 Å². The Morgan fingerprint density at radius 1 is 1.07 bits per heavy atom. The first kappa shape index (κ1) is 18.9. The van der Waals surface area contributed by atoms with E-state index < -0.39 is 0 Å². The van der Waals surface area contributed by atoms with Crippen LogP contribution in [0.3, 0.4) is 0 Å². The second-order valence-corrected chi connectivity index (χ2v) is 6.99. The normalized spacial score (nSPS) is 11.9. The van der Waals surface area contributed by atoms with Crippen LogP contribution in [0, 0.1) is 0 Å². The van der Waals surface area contributed by atoms with E-state index in [1.165, 1.54) is 4.68 Å². The van der Waals surface area contributed by atoms with Gasteiger partial charge in [0.05, 0.1) is 36.4 Å². The molecule has 7 nitrogen and oxygen atoms in total. The number of hydrogen-bond donors (Lipinski definition) is 1. The third-order valence-electron chi connectivity index (χ3n) is 4.51. The van der Waals surface area contributed by atoms with Crippen molar-refractivity contribution in [2.75, 3.05) is 5.32 Å². The number of halogens is 1. The Hall–Kier alpha value is -3.45. The fraction of sp³-hybridized carbons (Fsp3) is 0.143. The van der Waals surface area contributed by atoms with E-state index in [4.69, 9.17) is 11.6 Å². The van der Waals surface area contributed by atoms with Gasteiger partial charge in [-0.15, -0.1) is 5.10 Å². The molecule has 2 heterocycles. The van der Waals surface area contributed by atoms with Gasteiger partial charge in [-0.2, -0.15) is 5.10 Å². The van der Waals surface area contributed by atoms with Crippen molar-refractivity contribution in [1.82, 2.24) is 24.8 Å². The monoisotopic (exact) mass is 406 g/mol. The summed E-state index contributed by atoms with van der Waals surface area (Å²) in [4.78, 5) is 12.6. The predicted molar refractivity (Wildman–Crippen MR) is 112 cm³/mol. The third kappa shape index (κ3) is 4.20. The molecule has 2 aromatic carbocycles. The molecule has 146 valence electrons. The first-order valence-electron chi connectivity index (χ1n) is 9.15. The molecule has 1 N–H and O–H groups in total. The Bertz CT molecular complexity index is 1160. The Balaban J connectivity index is 1.51. The van der Waals surface area contributed by atoms with Crippen LogP contribution in [0.15, 0.2) is 77.9 Å². The molecule has 0 aliphatic carbocycles. The van der Waals surface area contributed by atoms with Crippen LogP contribution in [-0.4, -0.2) is 24.8 Å². The molecule has 1 unspecified atom stereocenters. The molecule has 0 spiro atoms. The zero-order chi connectivity index (χ0) is 20.2. The summed E-state index contributed by atoms with van der Waals surface area (Å²) in [5.41, 5.74) is 2.73. The standard InChI is InChI=1S/C21H19ClN6O/c1-15(19-14-27(26-25-19)17-10-6-3-7-11-17)24-18-12-23-28(21(29)20(18)22)13-16-8-4-2-5-9-16/h2-12,14-15,24H,13H2,1H3. The van der Waals surface area contributed by atoms with E-state index >= 15 is 0 Å². The largest absolute Gasteiger partial charge is 0.374 e. The second kappa shape index (κ2) is 8.28. The number of hydrogen-bond acceptors (Lipinski definition) is 5. The number of rotatable bonds is 6.